The van der Waals surface area contributed by atoms with Crippen molar-refractivity contribution in [1.82, 2.24) is 15.2 Å². The quantitative estimate of drug-likeness (QED) is 0.394. The predicted molar refractivity (Wildman–Crippen MR) is 137 cm³/mol. The summed E-state index contributed by atoms with van der Waals surface area (Å²) in [5.74, 6) is -1.26. The number of halogens is 1. The molecule has 3 heterocycles. The van der Waals surface area contributed by atoms with Gasteiger partial charge in [0.15, 0.2) is 0 Å². The summed E-state index contributed by atoms with van der Waals surface area (Å²) in [5.41, 5.74) is 0.439. The SMILES string of the molecule is CC(C)(C)[C@@H]1NC(=O)OCCCCCc2ccc3ccnc(c3c2)O[C@@H]2C[C@@H](C(=O)O)N(C1=O)C2Br. The largest absolute Gasteiger partial charge is 0.480 e. The van der Waals surface area contributed by atoms with Crippen LogP contribution in [0.1, 0.15) is 52.0 Å². The molecule has 2 aliphatic heterocycles. The van der Waals surface area contributed by atoms with E-state index in [1.165, 1.54) is 4.90 Å². The van der Waals surface area contributed by atoms with E-state index in [1.807, 2.05) is 32.9 Å². The highest BCUT2D eigenvalue weighted by atomic mass is 79.9. The van der Waals surface area contributed by atoms with Crippen molar-refractivity contribution in [1.29, 1.82) is 0 Å². The lowest BCUT2D eigenvalue weighted by atomic mass is 9.85. The fraction of sp³-hybridized carbons (Fsp3) is 0.538. The molecule has 194 valence electrons. The maximum absolute atomic E-state index is 13.7. The van der Waals surface area contributed by atoms with Crippen LogP contribution in [0, 0.1) is 5.41 Å². The molecule has 36 heavy (non-hydrogen) atoms. The monoisotopic (exact) mass is 561 g/mol. The number of benzene rings is 1. The molecule has 2 aromatic rings. The molecule has 1 aromatic carbocycles. The van der Waals surface area contributed by atoms with E-state index < -0.39 is 46.5 Å². The van der Waals surface area contributed by atoms with Crippen molar-refractivity contribution in [2.75, 3.05) is 6.61 Å². The predicted octanol–water partition coefficient (Wildman–Crippen LogP) is 4.26. The minimum absolute atomic E-state index is 0.0655. The first kappa shape index (κ1) is 26.2. The molecule has 2 aliphatic rings. The van der Waals surface area contributed by atoms with Crippen LogP contribution >= 0.6 is 15.9 Å². The van der Waals surface area contributed by atoms with Crippen LogP contribution in [0.5, 0.6) is 5.88 Å². The molecule has 0 aliphatic carbocycles. The lowest BCUT2D eigenvalue weighted by Gasteiger charge is -2.36. The second-order valence-corrected chi connectivity index (χ2v) is 11.4. The molecule has 2 amide bonds. The number of rotatable bonds is 1. The van der Waals surface area contributed by atoms with Gasteiger partial charge in [-0.05, 0) is 54.2 Å². The van der Waals surface area contributed by atoms with Gasteiger partial charge in [0.05, 0.1) is 6.61 Å². The Kier molecular flexibility index (Phi) is 7.73. The number of aliphatic carboxylic acids is 1. The number of nitrogens with zero attached hydrogens (tertiary/aromatic N) is 2. The first-order chi connectivity index (χ1) is 17.1. The zero-order valence-electron chi connectivity index (χ0n) is 20.7. The van der Waals surface area contributed by atoms with Crippen LogP contribution in [0.25, 0.3) is 10.8 Å². The minimum atomic E-state index is -1.15. The average molecular weight is 562 g/mol. The first-order valence-corrected chi connectivity index (χ1v) is 13.1. The van der Waals surface area contributed by atoms with Crippen LogP contribution in [-0.4, -0.2) is 62.7 Å². The second kappa shape index (κ2) is 10.6. The highest BCUT2D eigenvalue weighted by molar-refractivity contribution is 9.09. The van der Waals surface area contributed by atoms with Gasteiger partial charge < -0.3 is 24.8 Å². The number of alkyl carbamates (subject to hydrolysis) is 1. The molecule has 4 atom stereocenters. The molecule has 1 unspecified atom stereocenters. The molecule has 0 spiro atoms. The zero-order chi connectivity index (χ0) is 26.0. The van der Waals surface area contributed by atoms with Gasteiger partial charge in [-0.3, -0.25) is 4.79 Å². The van der Waals surface area contributed by atoms with E-state index in [2.05, 4.69) is 38.4 Å². The lowest BCUT2D eigenvalue weighted by Crippen LogP contribution is -2.58. The van der Waals surface area contributed by atoms with Crippen LogP contribution in [0.2, 0.25) is 0 Å². The highest BCUT2D eigenvalue weighted by Gasteiger charge is 2.51. The van der Waals surface area contributed by atoms with Crippen LogP contribution in [-0.2, 0) is 20.7 Å². The topological polar surface area (TPSA) is 118 Å². The van der Waals surface area contributed by atoms with Gasteiger partial charge in [-0.15, -0.1) is 0 Å². The molecule has 1 aromatic heterocycles. The van der Waals surface area contributed by atoms with E-state index in [9.17, 15) is 19.5 Å². The van der Waals surface area contributed by atoms with E-state index in [0.29, 0.717) is 12.3 Å². The van der Waals surface area contributed by atoms with Crippen molar-refractivity contribution < 1.29 is 29.0 Å². The first-order valence-electron chi connectivity index (χ1n) is 12.2. The van der Waals surface area contributed by atoms with Crippen molar-refractivity contribution in [3.8, 4) is 5.88 Å². The number of nitrogens with one attached hydrogen (secondary N) is 1. The summed E-state index contributed by atoms with van der Waals surface area (Å²) in [4.78, 5) is 43.4. The Hall–Kier alpha value is -2.88. The van der Waals surface area contributed by atoms with Gasteiger partial charge in [-0.1, -0.05) is 48.8 Å². The summed E-state index contributed by atoms with van der Waals surface area (Å²) in [6, 6.07) is 5.92. The third kappa shape index (κ3) is 5.58. The number of hydrogen-bond donors (Lipinski definition) is 2. The number of aromatic nitrogens is 1. The van der Waals surface area contributed by atoms with E-state index in [-0.39, 0.29) is 13.0 Å². The second-order valence-electron chi connectivity index (χ2n) is 10.4. The molecule has 2 N–H and O–H groups in total. The third-order valence-corrected chi connectivity index (χ3v) is 7.71. The van der Waals surface area contributed by atoms with Gasteiger partial charge in [-0.25, -0.2) is 14.6 Å². The van der Waals surface area contributed by atoms with Gasteiger partial charge >= 0.3 is 12.1 Å². The van der Waals surface area contributed by atoms with E-state index >= 15 is 0 Å². The van der Waals surface area contributed by atoms with Crippen molar-refractivity contribution in [2.45, 2.75) is 76.0 Å². The van der Waals surface area contributed by atoms with Crippen LogP contribution in [0.15, 0.2) is 30.5 Å². The molecule has 4 bridgehead atoms. The summed E-state index contributed by atoms with van der Waals surface area (Å²) in [6.07, 6.45) is 3.73. The standard InChI is InChI=1S/C26H32BrN3O6/c1-26(2,3)20-23(31)30-18(24(32)33)14-19(21(30)27)36-22-17-13-15(8-9-16(17)10-11-28-22)7-5-4-6-12-35-25(34)29-20/h8-11,13,18-21H,4-7,12,14H2,1-3H3,(H,29,34)(H,32,33)/t18-,19+,20+,21?/m0/s1. The number of carboxylic acid groups (broad SMARTS) is 1. The number of carbonyl (C=O) groups excluding carboxylic acids is 2. The molecule has 1 saturated heterocycles. The van der Waals surface area contributed by atoms with Crippen LogP contribution in [0.4, 0.5) is 4.79 Å². The Morgan fingerprint density at radius 3 is 2.69 bits per heavy atom. The Labute approximate surface area is 218 Å². The molecule has 10 heteroatoms. The van der Waals surface area contributed by atoms with E-state index in [0.717, 1.165) is 35.6 Å². The fourth-order valence-electron chi connectivity index (χ4n) is 4.71. The summed E-state index contributed by atoms with van der Waals surface area (Å²) in [7, 11) is 0. The van der Waals surface area contributed by atoms with Gasteiger partial charge in [0.1, 0.15) is 23.1 Å². The molecule has 0 radical (unpaired) electrons. The summed E-state index contributed by atoms with van der Waals surface area (Å²) >= 11 is 3.53. The number of alkyl halides is 1. The van der Waals surface area contributed by atoms with Gasteiger partial charge in [0.2, 0.25) is 11.8 Å². The average Bonchev–Trinajstić information content (AvgIpc) is 3.14. The number of ether oxygens (including phenoxy) is 2. The van der Waals surface area contributed by atoms with Gasteiger partial charge in [-0.2, -0.15) is 0 Å². The van der Waals surface area contributed by atoms with Crippen molar-refractivity contribution >= 4 is 44.7 Å². The maximum atomic E-state index is 13.7. The molecule has 9 nitrogen and oxygen atoms in total. The summed E-state index contributed by atoms with van der Waals surface area (Å²) in [6.45, 7) is 5.66. The molecule has 1 fully saturated rings. The number of hydrogen-bond acceptors (Lipinski definition) is 6. The number of amides is 2. The number of carbonyl (C=O) groups is 3. The third-order valence-electron chi connectivity index (χ3n) is 6.68. The highest BCUT2D eigenvalue weighted by Crippen LogP contribution is 2.36. The zero-order valence-corrected chi connectivity index (χ0v) is 22.3. The number of pyridine rings is 1. The summed E-state index contributed by atoms with van der Waals surface area (Å²) in [5, 5.41) is 14.5. The van der Waals surface area contributed by atoms with Gasteiger partial charge in [0.25, 0.3) is 0 Å². The minimum Gasteiger partial charge on any atom is -0.480 e. The Bertz CT molecular complexity index is 1150. The van der Waals surface area contributed by atoms with Crippen molar-refractivity contribution in [2.24, 2.45) is 5.41 Å². The number of carboxylic acids is 1. The number of aryl methyl sites for hydroxylation is 1. The van der Waals surface area contributed by atoms with Crippen molar-refractivity contribution in [3.63, 3.8) is 0 Å². The summed E-state index contributed by atoms with van der Waals surface area (Å²) < 4.78 is 11.6. The molecule has 4 rings (SSSR count). The number of cyclic esters (lactones) is 1. The Morgan fingerprint density at radius 1 is 1.19 bits per heavy atom. The smallest absolute Gasteiger partial charge is 0.407 e. The fourth-order valence-corrected chi connectivity index (χ4v) is 5.52. The normalized spacial score (nSPS) is 26.1. The Morgan fingerprint density at radius 2 is 1.97 bits per heavy atom. The van der Waals surface area contributed by atoms with Crippen molar-refractivity contribution in [3.05, 3.63) is 36.0 Å². The van der Waals surface area contributed by atoms with Crippen LogP contribution in [0.3, 0.4) is 0 Å². The molecule has 0 saturated carbocycles. The lowest BCUT2D eigenvalue weighted by molar-refractivity contribution is -0.150. The van der Waals surface area contributed by atoms with Gasteiger partial charge in [0, 0.05) is 18.0 Å². The van der Waals surface area contributed by atoms with E-state index in [4.69, 9.17) is 9.47 Å². The van der Waals surface area contributed by atoms with Crippen LogP contribution < -0.4 is 10.1 Å². The Balaban J connectivity index is 1.73. The van der Waals surface area contributed by atoms with E-state index in [1.54, 1.807) is 6.20 Å². The number of fused-ring (bicyclic) bond motifs is 3. The maximum Gasteiger partial charge on any atom is 0.407 e. The molecular formula is C26H32BrN3O6. The molecular weight excluding hydrogens is 530 g/mol.